The van der Waals surface area contributed by atoms with Gasteiger partial charge in [-0.1, -0.05) is 49.4 Å². The van der Waals surface area contributed by atoms with Gasteiger partial charge in [-0.15, -0.1) is 0 Å². The third-order valence-electron chi connectivity index (χ3n) is 5.82. The Morgan fingerprint density at radius 1 is 0.971 bits per heavy atom. The van der Waals surface area contributed by atoms with Crippen LogP contribution in [0.3, 0.4) is 0 Å². The number of hydrogen-bond acceptors (Lipinski definition) is 4. The Morgan fingerprint density at radius 2 is 1.68 bits per heavy atom. The molecule has 0 saturated carbocycles. The van der Waals surface area contributed by atoms with Gasteiger partial charge in [-0.2, -0.15) is 0 Å². The number of ether oxygens (including phenoxy) is 1. The van der Waals surface area contributed by atoms with E-state index in [0.717, 1.165) is 28.0 Å². The highest BCUT2D eigenvalue weighted by Crippen LogP contribution is 2.28. The van der Waals surface area contributed by atoms with Crippen molar-refractivity contribution in [1.82, 2.24) is 5.32 Å². The molecule has 0 aromatic heterocycles. The Kier molecular flexibility index (Phi) is 7.99. The zero-order chi connectivity index (χ0) is 24.9. The first kappa shape index (κ1) is 25.3. The predicted octanol–water partition coefficient (Wildman–Crippen LogP) is 5.08. The van der Waals surface area contributed by atoms with E-state index in [1.807, 2.05) is 58.0 Å². The summed E-state index contributed by atoms with van der Waals surface area (Å²) in [4.78, 5) is 13.4. The molecule has 7 heteroatoms. The molecule has 1 atom stereocenters. The molecule has 1 N–H and O–H groups in total. The van der Waals surface area contributed by atoms with Gasteiger partial charge in [-0.05, 0) is 73.7 Å². The minimum absolute atomic E-state index is 0.140. The average molecular weight is 481 g/mol. The van der Waals surface area contributed by atoms with Gasteiger partial charge in [0.25, 0.3) is 10.0 Å². The third-order valence-corrected chi connectivity index (χ3v) is 7.59. The molecule has 0 unspecified atom stereocenters. The number of sulfonamides is 1. The lowest BCUT2D eigenvalue weighted by molar-refractivity contribution is -0.120. The zero-order valence-electron chi connectivity index (χ0n) is 20.3. The summed E-state index contributed by atoms with van der Waals surface area (Å²) in [6.07, 6.45) is 0.659. The van der Waals surface area contributed by atoms with Gasteiger partial charge in [0.05, 0.1) is 23.7 Å². The van der Waals surface area contributed by atoms with Crippen molar-refractivity contribution in [3.05, 3.63) is 89.0 Å². The first-order valence-corrected chi connectivity index (χ1v) is 12.7. The largest absolute Gasteiger partial charge is 0.496 e. The van der Waals surface area contributed by atoms with Crippen LogP contribution in [0.4, 0.5) is 5.69 Å². The van der Waals surface area contributed by atoms with E-state index in [9.17, 15) is 13.2 Å². The van der Waals surface area contributed by atoms with E-state index >= 15 is 0 Å². The highest BCUT2D eigenvalue weighted by molar-refractivity contribution is 7.92. The SMILES string of the molecule is CC[C@@H](NC(=O)CN(c1cc(C)ccc1C)S(=O)(=O)c1ccccc1)c1ccc(OC)c(C)c1. The molecule has 0 bridgehead atoms. The van der Waals surface area contributed by atoms with Crippen molar-refractivity contribution in [2.75, 3.05) is 18.0 Å². The number of methoxy groups -OCH3 is 1. The number of benzene rings is 3. The lowest BCUT2D eigenvalue weighted by Gasteiger charge is -2.27. The molecule has 0 aliphatic rings. The van der Waals surface area contributed by atoms with Gasteiger partial charge in [0, 0.05) is 0 Å². The number of rotatable bonds is 9. The summed E-state index contributed by atoms with van der Waals surface area (Å²) in [7, 11) is -2.33. The molecule has 3 rings (SSSR count). The smallest absolute Gasteiger partial charge is 0.264 e. The lowest BCUT2D eigenvalue weighted by atomic mass is 10.0. The molecule has 0 radical (unpaired) electrons. The highest BCUT2D eigenvalue weighted by atomic mass is 32.2. The number of hydrogen-bond donors (Lipinski definition) is 1. The van der Waals surface area contributed by atoms with Crippen LogP contribution in [-0.2, 0) is 14.8 Å². The number of nitrogens with one attached hydrogen (secondary N) is 1. The van der Waals surface area contributed by atoms with E-state index in [0.29, 0.717) is 12.1 Å². The molecule has 3 aromatic rings. The monoisotopic (exact) mass is 480 g/mol. The van der Waals surface area contributed by atoms with E-state index < -0.39 is 10.0 Å². The first-order valence-electron chi connectivity index (χ1n) is 11.3. The van der Waals surface area contributed by atoms with Crippen molar-refractivity contribution in [1.29, 1.82) is 0 Å². The van der Waals surface area contributed by atoms with Crippen molar-refractivity contribution in [3.8, 4) is 5.75 Å². The zero-order valence-corrected chi connectivity index (χ0v) is 21.1. The van der Waals surface area contributed by atoms with Crippen molar-refractivity contribution in [2.45, 2.75) is 45.1 Å². The summed E-state index contributed by atoms with van der Waals surface area (Å²) in [6.45, 7) is 7.34. The Bertz CT molecular complexity index is 1260. The third kappa shape index (κ3) is 5.59. The molecular formula is C27H32N2O4S. The number of nitrogens with zero attached hydrogens (tertiary/aromatic N) is 1. The van der Waals surface area contributed by atoms with E-state index in [-0.39, 0.29) is 23.4 Å². The van der Waals surface area contributed by atoms with Crippen LogP contribution < -0.4 is 14.4 Å². The molecule has 6 nitrogen and oxygen atoms in total. The molecule has 34 heavy (non-hydrogen) atoms. The van der Waals surface area contributed by atoms with Gasteiger partial charge in [-0.3, -0.25) is 9.10 Å². The molecule has 0 aliphatic carbocycles. The number of amides is 1. The maximum atomic E-state index is 13.6. The first-order chi connectivity index (χ1) is 16.2. The molecule has 0 spiro atoms. The van der Waals surface area contributed by atoms with Crippen LogP contribution in [0.1, 0.15) is 41.6 Å². The van der Waals surface area contributed by atoms with Crippen LogP contribution in [0.2, 0.25) is 0 Å². The Balaban J connectivity index is 1.94. The minimum atomic E-state index is -3.96. The van der Waals surface area contributed by atoms with Crippen LogP contribution in [0, 0.1) is 20.8 Å². The van der Waals surface area contributed by atoms with Gasteiger partial charge in [0.1, 0.15) is 12.3 Å². The molecule has 0 aliphatic heterocycles. The van der Waals surface area contributed by atoms with Crippen LogP contribution in [0.15, 0.2) is 71.6 Å². The van der Waals surface area contributed by atoms with Gasteiger partial charge in [0.15, 0.2) is 0 Å². The summed E-state index contributed by atoms with van der Waals surface area (Å²) in [5, 5.41) is 3.02. The molecule has 0 fully saturated rings. The summed E-state index contributed by atoms with van der Waals surface area (Å²) < 4.78 is 33.7. The van der Waals surface area contributed by atoms with E-state index in [2.05, 4.69) is 5.32 Å². The van der Waals surface area contributed by atoms with E-state index in [1.165, 1.54) is 4.31 Å². The van der Waals surface area contributed by atoms with Crippen molar-refractivity contribution in [2.24, 2.45) is 0 Å². The molecule has 3 aromatic carbocycles. The van der Waals surface area contributed by atoms with Gasteiger partial charge in [-0.25, -0.2) is 8.42 Å². The van der Waals surface area contributed by atoms with Crippen LogP contribution in [0.25, 0.3) is 0 Å². The summed E-state index contributed by atoms with van der Waals surface area (Å²) in [5.41, 5.74) is 4.09. The minimum Gasteiger partial charge on any atom is -0.496 e. The Labute approximate surface area is 202 Å². The van der Waals surface area contributed by atoms with Crippen molar-refractivity contribution < 1.29 is 17.9 Å². The Morgan fingerprint density at radius 3 is 2.29 bits per heavy atom. The van der Waals surface area contributed by atoms with Crippen LogP contribution >= 0.6 is 0 Å². The van der Waals surface area contributed by atoms with Gasteiger partial charge in [0.2, 0.25) is 5.91 Å². The van der Waals surface area contributed by atoms with Crippen molar-refractivity contribution in [3.63, 3.8) is 0 Å². The van der Waals surface area contributed by atoms with E-state index in [4.69, 9.17) is 4.74 Å². The lowest BCUT2D eigenvalue weighted by Crippen LogP contribution is -2.42. The number of carbonyl (C=O) groups is 1. The quantitative estimate of drug-likeness (QED) is 0.463. The molecule has 180 valence electrons. The summed E-state index contributed by atoms with van der Waals surface area (Å²) in [6, 6.07) is 19.3. The fourth-order valence-corrected chi connectivity index (χ4v) is 5.42. The number of anilines is 1. The van der Waals surface area contributed by atoms with Gasteiger partial charge < -0.3 is 10.1 Å². The summed E-state index contributed by atoms with van der Waals surface area (Å²) in [5.74, 6) is 0.403. The van der Waals surface area contributed by atoms with E-state index in [1.54, 1.807) is 43.5 Å². The number of aryl methyl sites for hydroxylation is 3. The van der Waals surface area contributed by atoms with Gasteiger partial charge >= 0.3 is 0 Å². The second-order valence-electron chi connectivity index (χ2n) is 8.37. The van der Waals surface area contributed by atoms with Crippen LogP contribution in [-0.4, -0.2) is 28.0 Å². The molecule has 1 amide bonds. The number of carbonyl (C=O) groups excluding carboxylic acids is 1. The second kappa shape index (κ2) is 10.7. The molecule has 0 saturated heterocycles. The van der Waals surface area contributed by atoms with Crippen LogP contribution in [0.5, 0.6) is 5.75 Å². The van der Waals surface area contributed by atoms with Crippen molar-refractivity contribution >= 4 is 21.6 Å². The molecule has 0 heterocycles. The molecular weight excluding hydrogens is 448 g/mol. The average Bonchev–Trinajstić information content (AvgIpc) is 2.83. The topological polar surface area (TPSA) is 75.7 Å². The fourth-order valence-electron chi connectivity index (χ4n) is 3.92. The fraction of sp³-hybridized carbons (Fsp3) is 0.296. The summed E-state index contributed by atoms with van der Waals surface area (Å²) >= 11 is 0. The normalized spacial score (nSPS) is 12.1. The standard InChI is InChI=1S/C27H32N2O4S/c1-6-24(22-14-15-26(33-5)21(4)17-22)28-27(30)18-29(25-16-19(2)12-13-20(25)3)34(31,32)23-10-8-7-9-11-23/h7-17,24H,6,18H2,1-5H3,(H,28,30)/t24-/m1/s1. The maximum Gasteiger partial charge on any atom is 0.264 e. The second-order valence-corrected chi connectivity index (χ2v) is 10.2. The Hall–Kier alpha value is -3.32. The maximum absolute atomic E-state index is 13.6. The predicted molar refractivity (Wildman–Crippen MR) is 136 cm³/mol. The highest BCUT2D eigenvalue weighted by Gasteiger charge is 2.29.